The third kappa shape index (κ3) is 3.27. The fourth-order valence-electron chi connectivity index (χ4n) is 2.22. The summed E-state index contributed by atoms with van der Waals surface area (Å²) in [7, 11) is 0. The summed E-state index contributed by atoms with van der Waals surface area (Å²) < 4.78 is 5.33. The number of carbonyl (C=O) groups is 1. The summed E-state index contributed by atoms with van der Waals surface area (Å²) in [6.07, 6.45) is 1.45. The molecule has 5 nitrogen and oxygen atoms in total. The maximum absolute atomic E-state index is 12.3. The Morgan fingerprint density at radius 3 is 2.78 bits per heavy atom. The first-order valence-corrected chi connectivity index (χ1v) is 7.03. The smallest absolute Gasteiger partial charge is 0.342 e. The van der Waals surface area contributed by atoms with Crippen molar-refractivity contribution in [1.82, 2.24) is 10.2 Å². The van der Waals surface area contributed by atoms with Gasteiger partial charge in [0, 0.05) is 5.56 Å². The van der Waals surface area contributed by atoms with Crippen molar-refractivity contribution in [3.05, 3.63) is 77.5 Å². The molecule has 0 fully saturated rings. The van der Waals surface area contributed by atoms with Gasteiger partial charge in [0.15, 0.2) is 0 Å². The van der Waals surface area contributed by atoms with Crippen LogP contribution in [0.25, 0.3) is 11.3 Å². The van der Waals surface area contributed by atoms with Crippen LogP contribution < -0.4 is 0 Å². The van der Waals surface area contributed by atoms with Crippen LogP contribution in [0.5, 0.6) is 0 Å². The Bertz CT molecular complexity index is 863. The second-order valence-electron chi connectivity index (χ2n) is 4.91. The van der Waals surface area contributed by atoms with E-state index in [-0.39, 0.29) is 6.61 Å². The van der Waals surface area contributed by atoms with Crippen molar-refractivity contribution < 1.29 is 9.53 Å². The lowest BCUT2D eigenvalue weighted by molar-refractivity contribution is 0.0473. The van der Waals surface area contributed by atoms with Crippen LogP contribution in [0, 0.1) is 11.3 Å². The predicted molar refractivity (Wildman–Crippen MR) is 84.3 cm³/mol. The van der Waals surface area contributed by atoms with Crippen molar-refractivity contribution in [3.63, 3.8) is 0 Å². The monoisotopic (exact) mass is 303 g/mol. The van der Waals surface area contributed by atoms with E-state index >= 15 is 0 Å². The second-order valence-corrected chi connectivity index (χ2v) is 4.91. The Morgan fingerprint density at radius 1 is 1.17 bits per heavy atom. The molecule has 3 rings (SSSR count). The van der Waals surface area contributed by atoms with Crippen molar-refractivity contribution in [3.8, 4) is 17.3 Å². The molecule has 1 aromatic heterocycles. The van der Waals surface area contributed by atoms with Crippen LogP contribution >= 0.6 is 0 Å². The molecule has 5 heteroatoms. The first-order valence-electron chi connectivity index (χ1n) is 7.03. The topological polar surface area (TPSA) is 78.8 Å². The Morgan fingerprint density at radius 2 is 2.00 bits per heavy atom. The molecule has 1 heterocycles. The lowest BCUT2D eigenvalue weighted by Gasteiger charge is -2.06. The third-order valence-corrected chi connectivity index (χ3v) is 3.35. The molecule has 0 aliphatic carbocycles. The Kier molecular flexibility index (Phi) is 4.16. The molecule has 2 aromatic carbocycles. The van der Waals surface area contributed by atoms with Gasteiger partial charge in [-0.15, -0.1) is 0 Å². The van der Waals surface area contributed by atoms with E-state index in [1.807, 2.05) is 36.4 Å². The van der Waals surface area contributed by atoms with E-state index in [4.69, 9.17) is 10.00 Å². The molecule has 0 amide bonds. The summed E-state index contributed by atoms with van der Waals surface area (Å²) in [6, 6.07) is 18.5. The summed E-state index contributed by atoms with van der Waals surface area (Å²) in [4.78, 5) is 12.3. The standard InChI is InChI=1S/C18H13N3O2/c19-10-13-5-4-6-14(9-13)12-23-18(22)16-11-20-21-17(16)15-7-2-1-3-8-15/h1-9,11H,12H2,(H,20,21). The number of carbonyl (C=O) groups excluding carboxylic acids is 1. The molecule has 3 aromatic rings. The number of esters is 1. The highest BCUT2D eigenvalue weighted by atomic mass is 16.5. The molecule has 112 valence electrons. The van der Waals surface area contributed by atoms with E-state index in [0.29, 0.717) is 16.8 Å². The molecule has 0 saturated heterocycles. The average Bonchev–Trinajstić information content (AvgIpc) is 3.10. The van der Waals surface area contributed by atoms with Crippen LogP contribution in [0.15, 0.2) is 60.8 Å². The molecular weight excluding hydrogens is 290 g/mol. The quantitative estimate of drug-likeness (QED) is 0.750. The number of rotatable bonds is 4. The summed E-state index contributed by atoms with van der Waals surface area (Å²) in [5.74, 6) is -0.458. The first kappa shape index (κ1) is 14.5. The van der Waals surface area contributed by atoms with E-state index < -0.39 is 5.97 Å². The summed E-state index contributed by atoms with van der Waals surface area (Å²) in [6.45, 7) is 0.105. The van der Waals surface area contributed by atoms with Gasteiger partial charge >= 0.3 is 5.97 Å². The van der Waals surface area contributed by atoms with E-state index in [1.165, 1.54) is 6.20 Å². The van der Waals surface area contributed by atoms with E-state index in [2.05, 4.69) is 16.3 Å². The Hall–Kier alpha value is -3.39. The Balaban J connectivity index is 1.75. The van der Waals surface area contributed by atoms with Crippen molar-refractivity contribution in [2.75, 3.05) is 0 Å². The van der Waals surface area contributed by atoms with Crippen LogP contribution in [-0.2, 0) is 11.3 Å². The lowest BCUT2D eigenvalue weighted by Crippen LogP contribution is -2.06. The number of benzene rings is 2. The summed E-state index contributed by atoms with van der Waals surface area (Å²) in [5, 5.41) is 15.6. The molecule has 0 atom stereocenters. The molecule has 1 N–H and O–H groups in total. The van der Waals surface area contributed by atoms with Crippen molar-refractivity contribution in [2.45, 2.75) is 6.61 Å². The number of nitriles is 1. The van der Waals surface area contributed by atoms with Crippen LogP contribution in [0.3, 0.4) is 0 Å². The van der Waals surface area contributed by atoms with Crippen molar-refractivity contribution in [2.24, 2.45) is 0 Å². The summed E-state index contributed by atoms with van der Waals surface area (Å²) in [5.41, 5.74) is 3.17. The fourth-order valence-corrected chi connectivity index (χ4v) is 2.22. The second kappa shape index (κ2) is 6.58. The highest BCUT2D eigenvalue weighted by molar-refractivity contribution is 5.95. The zero-order valence-electron chi connectivity index (χ0n) is 12.2. The number of aromatic nitrogens is 2. The molecule has 23 heavy (non-hydrogen) atoms. The van der Waals surface area contributed by atoms with Gasteiger partial charge in [0.25, 0.3) is 0 Å². The highest BCUT2D eigenvalue weighted by Crippen LogP contribution is 2.21. The van der Waals surface area contributed by atoms with Crippen LogP contribution in [0.2, 0.25) is 0 Å². The molecule has 0 aliphatic rings. The number of nitrogens with one attached hydrogen (secondary N) is 1. The predicted octanol–water partition coefficient (Wildman–Crippen LogP) is 3.31. The number of aromatic amines is 1. The molecule has 0 aliphatic heterocycles. The number of ether oxygens (including phenoxy) is 1. The zero-order chi connectivity index (χ0) is 16.1. The van der Waals surface area contributed by atoms with Gasteiger partial charge in [-0.05, 0) is 17.7 Å². The van der Waals surface area contributed by atoms with Gasteiger partial charge in [-0.25, -0.2) is 4.79 Å². The van der Waals surface area contributed by atoms with E-state index in [1.54, 1.807) is 18.2 Å². The SMILES string of the molecule is N#Cc1cccc(COC(=O)c2cn[nH]c2-c2ccccc2)c1. The number of H-pyrrole nitrogens is 1. The van der Waals surface area contributed by atoms with E-state index in [9.17, 15) is 4.79 Å². The average molecular weight is 303 g/mol. The van der Waals surface area contributed by atoms with Crippen LogP contribution in [-0.4, -0.2) is 16.2 Å². The molecule has 0 saturated carbocycles. The molecular formula is C18H13N3O2. The lowest BCUT2D eigenvalue weighted by atomic mass is 10.1. The highest BCUT2D eigenvalue weighted by Gasteiger charge is 2.16. The number of nitrogens with zero attached hydrogens (tertiary/aromatic N) is 2. The van der Waals surface area contributed by atoms with Crippen LogP contribution in [0.4, 0.5) is 0 Å². The van der Waals surface area contributed by atoms with Gasteiger partial charge in [-0.3, -0.25) is 5.10 Å². The maximum Gasteiger partial charge on any atom is 0.342 e. The molecule has 0 spiro atoms. The molecule has 0 radical (unpaired) electrons. The van der Waals surface area contributed by atoms with Gasteiger partial charge in [0.2, 0.25) is 0 Å². The van der Waals surface area contributed by atoms with Gasteiger partial charge in [0.1, 0.15) is 12.2 Å². The van der Waals surface area contributed by atoms with Crippen molar-refractivity contribution >= 4 is 5.97 Å². The first-order chi connectivity index (χ1) is 11.3. The van der Waals surface area contributed by atoms with Gasteiger partial charge < -0.3 is 4.74 Å². The maximum atomic E-state index is 12.3. The number of hydrogen-bond donors (Lipinski definition) is 1. The minimum atomic E-state index is -0.458. The van der Waals surface area contributed by atoms with Gasteiger partial charge in [-0.1, -0.05) is 42.5 Å². The summed E-state index contributed by atoms with van der Waals surface area (Å²) >= 11 is 0. The minimum absolute atomic E-state index is 0.105. The minimum Gasteiger partial charge on any atom is -0.457 e. The van der Waals surface area contributed by atoms with Crippen LogP contribution in [0.1, 0.15) is 21.5 Å². The van der Waals surface area contributed by atoms with Gasteiger partial charge in [0.05, 0.1) is 23.5 Å². The Labute approximate surface area is 133 Å². The van der Waals surface area contributed by atoms with E-state index in [0.717, 1.165) is 11.1 Å². The molecule has 0 unspecified atom stereocenters. The third-order valence-electron chi connectivity index (χ3n) is 3.35. The van der Waals surface area contributed by atoms with Crippen molar-refractivity contribution in [1.29, 1.82) is 5.26 Å². The van der Waals surface area contributed by atoms with Gasteiger partial charge in [-0.2, -0.15) is 10.4 Å². The normalized spacial score (nSPS) is 10.0. The largest absolute Gasteiger partial charge is 0.457 e. The number of hydrogen-bond acceptors (Lipinski definition) is 4. The fraction of sp³-hybridized carbons (Fsp3) is 0.0556. The molecule has 0 bridgehead atoms. The zero-order valence-corrected chi connectivity index (χ0v) is 12.2.